The number of nitrogens with one attached hydrogen (secondary N) is 2. The molecule has 0 fully saturated rings. The summed E-state index contributed by atoms with van der Waals surface area (Å²) in [6, 6.07) is 6.82. The van der Waals surface area contributed by atoms with E-state index in [0.29, 0.717) is 23.2 Å². The maximum Gasteiger partial charge on any atom is 0.313 e. The lowest BCUT2D eigenvalue weighted by molar-refractivity contribution is -0.136. The van der Waals surface area contributed by atoms with Crippen LogP contribution in [0.15, 0.2) is 24.3 Å². The molecule has 1 rings (SSSR count). The van der Waals surface area contributed by atoms with E-state index < -0.39 is 11.8 Å². The summed E-state index contributed by atoms with van der Waals surface area (Å²) in [6.45, 7) is 4.77. The summed E-state index contributed by atoms with van der Waals surface area (Å²) in [4.78, 5) is 23.6. The molecule has 1 aromatic rings. The Bertz CT molecular complexity index is 477. The first-order valence-electron chi connectivity index (χ1n) is 7.42. The van der Waals surface area contributed by atoms with Crippen LogP contribution in [-0.2, 0) is 9.59 Å². The van der Waals surface area contributed by atoms with Gasteiger partial charge in [0, 0.05) is 6.54 Å². The highest BCUT2D eigenvalue weighted by molar-refractivity contribution is 6.41. The normalized spacial score (nSPS) is 11.8. The number of hydrogen-bond acceptors (Lipinski definition) is 2. The van der Waals surface area contributed by atoms with Gasteiger partial charge in [-0.25, -0.2) is 0 Å². The van der Waals surface area contributed by atoms with Crippen LogP contribution in [-0.4, -0.2) is 18.4 Å². The lowest BCUT2D eigenvalue weighted by Crippen LogP contribution is -2.38. The van der Waals surface area contributed by atoms with Crippen LogP contribution in [0.4, 0.5) is 5.69 Å². The van der Waals surface area contributed by atoms with Gasteiger partial charge in [-0.1, -0.05) is 56.8 Å². The van der Waals surface area contributed by atoms with Gasteiger partial charge in [0.1, 0.15) is 0 Å². The van der Waals surface area contributed by atoms with E-state index in [1.54, 1.807) is 24.3 Å². The van der Waals surface area contributed by atoms with Gasteiger partial charge in [0.2, 0.25) is 0 Å². The van der Waals surface area contributed by atoms with E-state index in [4.69, 9.17) is 11.6 Å². The van der Waals surface area contributed by atoms with Crippen LogP contribution in [0.3, 0.4) is 0 Å². The van der Waals surface area contributed by atoms with Gasteiger partial charge in [-0.05, 0) is 24.5 Å². The van der Waals surface area contributed by atoms with E-state index in [2.05, 4.69) is 24.5 Å². The Labute approximate surface area is 131 Å². The molecule has 0 aliphatic heterocycles. The summed E-state index contributed by atoms with van der Waals surface area (Å²) in [5.41, 5.74) is 0.442. The summed E-state index contributed by atoms with van der Waals surface area (Å²) in [5.74, 6) is -0.889. The van der Waals surface area contributed by atoms with Crippen molar-refractivity contribution >= 4 is 29.1 Å². The van der Waals surface area contributed by atoms with Crippen molar-refractivity contribution in [3.63, 3.8) is 0 Å². The fourth-order valence-corrected chi connectivity index (χ4v) is 2.19. The number of para-hydroxylation sites is 1. The Kier molecular flexibility index (Phi) is 7.83. The third-order valence-corrected chi connectivity index (χ3v) is 3.75. The number of carbonyl (C=O) groups excluding carboxylic acids is 2. The zero-order valence-electron chi connectivity index (χ0n) is 12.6. The quantitative estimate of drug-likeness (QED) is 0.756. The molecular weight excluding hydrogens is 288 g/mol. The Balaban J connectivity index is 2.44. The molecule has 2 amide bonds. The third kappa shape index (κ3) is 6.17. The van der Waals surface area contributed by atoms with Crippen molar-refractivity contribution in [1.82, 2.24) is 5.32 Å². The van der Waals surface area contributed by atoms with E-state index in [1.807, 2.05) is 0 Å². The number of benzene rings is 1. The molecule has 0 unspecified atom stereocenters. The second kappa shape index (κ2) is 9.40. The van der Waals surface area contributed by atoms with Crippen LogP contribution in [0.25, 0.3) is 0 Å². The van der Waals surface area contributed by atoms with Gasteiger partial charge < -0.3 is 10.6 Å². The van der Waals surface area contributed by atoms with E-state index in [9.17, 15) is 9.59 Å². The smallest absolute Gasteiger partial charge is 0.313 e. The molecule has 0 bridgehead atoms. The zero-order valence-corrected chi connectivity index (χ0v) is 13.4. The Hall–Kier alpha value is -1.55. The minimum Gasteiger partial charge on any atom is -0.348 e. The van der Waals surface area contributed by atoms with Gasteiger partial charge in [-0.3, -0.25) is 9.59 Å². The Morgan fingerprint density at radius 3 is 2.52 bits per heavy atom. The fraction of sp³-hybridized carbons (Fsp3) is 0.500. The maximum absolute atomic E-state index is 11.8. The molecule has 1 atom stereocenters. The summed E-state index contributed by atoms with van der Waals surface area (Å²) in [5, 5.41) is 5.61. The van der Waals surface area contributed by atoms with Crippen LogP contribution in [0.2, 0.25) is 5.02 Å². The number of amides is 2. The standard InChI is InChI=1S/C16H23ClN2O2/c1-3-5-8-12(4-2)11-18-15(20)16(21)19-14-10-7-6-9-13(14)17/h6-7,9-10,12H,3-5,8,11H2,1-2H3,(H,18,20)(H,19,21)/t12-/m1/s1. The molecule has 2 N–H and O–H groups in total. The highest BCUT2D eigenvalue weighted by Crippen LogP contribution is 2.20. The SMILES string of the molecule is CCCC[C@@H](CC)CNC(=O)C(=O)Nc1ccccc1Cl. The van der Waals surface area contributed by atoms with Gasteiger partial charge in [-0.15, -0.1) is 0 Å². The molecule has 0 aliphatic rings. The van der Waals surface area contributed by atoms with Crippen molar-refractivity contribution < 1.29 is 9.59 Å². The molecule has 21 heavy (non-hydrogen) atoms. The molecule has 4 nitrogen and oxygen atoms in total. The second-order valence-corrected chi connectivity index (χ2v) is 5.47. The highest BCUT2D eigenvalue weighted by atomic mass is 35.5. The largest absolute Gasteiger partial charge is 0.348 e. The Morgan fingerprint density at radius 2 is 1.90 bits per heavy atom. The van der Waals surface area contributed by atoms with Gasteiger partial charge in [-0.2, -0.15) is 0 Å². The van der Waals surface area contributed by atoms with Crippen molar-refractivity contribution in [1.29, 1.82) is 0 Å². The van der Waals surface area contributed by atoms with Gasteiger partial charge >= 0.3 is 11.8 Å². The molecule has 5 heteroatoms. The van der Waals surface area contributed by atoms with Crippen molar-refractivity contribution in [3.8, 4) is 0 Å². The molecule has 0 aliphatic carbocycles. The summed E-state index contributed by atoms with van der Waals surface area (Å²) in [7, 11) is 0. The second-order valence-electron chi connectivity index (χ2n) is 5.06. The minimum absolute atomic E-state index is 0.410. The lowest BCUT2D eigenvalue weighted by Gasteiger charge is -2.15. The highest BCUT2D eigenvalue weighted by Gasteiger charge is 2.16. The van der Waals surface area contributed by atoms with Gasteiger partial charge in [0.05, 0.1) is 10.7 Å². The lowest BCUT2D eigenvalue weighted by atomic mass is 9.99. The van der Waals surface area contributed by atoms with E-state index in [0.717, 1.165) is 25.7 Å². The monoisotopic (exact) mass is 310 g/mol. The first-order valence-corrected chi connectivity index (χ1v) is 7.80. The number of anilines is 1. The topological polar surface area (TPSA) is 58.2 Å². The van der Waals surface area contributed by atoms with Gasteiger partial charge in [0.25, 0.3) is 0 Å². The molecule has 0 aromatic heterocycles. The molecule has 0 saturated heterocycles. The van der Waals surface area contributed by atoms with Crippen molar-refractivity contribution in [2.45, 2.75) is 39.5 Å². The third-order valence-electron chi connectivity index (χ3n) is 3.42. The minimum atomic E-state index is -0.687. The number of rotatable bonds is 7. The number of hydrogen-bond donors (Lipinski definition) is 2. The van der Waals surface area contributed by atoms with Crippen molar-refractivity contribution in [3.05, 3.63) is 29.3 Å². The van der Waals surface area contributed by atoms with Crippen LogP contribution in [0.1, 0.15) is 39.5 Å². The number of unbranched alkanes of at least 4 members (excludes halogenated alkanes) is 1. The van der Waals surface area contributed by atoms with Crippen LogP contribution >= 0.6 is 11.6 Å². The first-order chi connectivity index (χ1) is 10.1. The molecule has 0 radical (unpaired) electrons. The van der Waals surface area contributed by atoms with E-state index >= 15 is 0 Å². The molecule has 1 aromatic carbocycles. The average molecular weight is 311 g/mol. The summed E-state index contributed by atoms with van der Waals surface area (Å²) >= 11 is 5.93. The molecule has 116 valence electrons. The molecule has 0 heterocycles. The fourth-order valence-electron chi connectivity index (χ4n) is 2.00. The number of carbonyl (C=O) groups is 2. The van der Waals surface area contributed by atoms with E-state index in [-0.39, 0.29) is 0 Å². The summed E-state index contributed by atoms with van der Waals surface area (Å²) < 4.78 is 0. The van der Waals surface area contributed by atoms with Crippen LogP contribution in [0.5, 0.6) is 0 Å². The predicted molar refractivity (Wildman–Crippen MR) is 86.4 cm³/mol. The van der Waals surface area contributed by atoms with Crippen LogP contribution < -0.4 is 10.6 Å². The molecule has 0 spiro atoms. The zero-order chi connectivity index (χ0) is 15.7. The van der Waals surface area contributed by atoms with Crippen LogP contribution in [0, 0.1) is 5.92 Å². The number of halogens is 1. The molecular formula is C16H23ClN2O2. The molecule has 0 saturated carbocycles. The average Bonchev–Trinajstić information content (AvgIpc) is 2.49. The Morgan fingerprint density at radius 1 is 1.19 bits per heavy atom. The summed E-state index contributed by atoms with van der Waals surface area (Å²) in [6.07, 6.45) is 4.34. The maximum atomic E-state index is 11.8. The van der Waals surface area contributed by atoms with E-state index in [1.165, 1.54) is 0 Å². The van der Waals surface area contributed by atoms with Gasteiger partial charge in [0.15, 0.2) is 0 Å². The first kappa shape index (κ1) is 17.5. The predicted octanol–water partition coefficient (Wildman–Crippen LogP) is 3.61. The van der Waals surface area contributed by atoms with Crippen molar-refractivity contribution in [2.24, 2.45) is 5.92 Å². The van der Waals surface area contributed by atoms with Crippen molar-refractivity contribution in [2.75, 3.05) is 11.9 Å².